The first kappa shape index (κ1) is 22.8. The minimum Gasteiger partial charge on any atom is -0.481 e. The normalized spacial score (nSPS) is 6.58. The fourth-order valence-electron chi connectivity index (χ4n) is 0. The molecular weight excluding hydrogens is 230 g/mol. The van der Waals surface area contributed by atoms with Crippen molar-refractivity contribution in [1.82, 2.24) is 0 Å². The Kier molecular flexibility index (Phi) is 42.7. The van der Waals surface area contributed by atoms with Crippen LogP contribution in [0.3, 0.4) is 0 Å². The lowest BCUT2D eigenvalue weighted by Gasteiger charge is -1.69. The van der Waals surface area contributed by atoms with Gasteiger partial charge in [-0.15, -0.1) is 0 Å². The van der Waals surface area contributed by atoms with E-state index in [1.807, 2.05) is 0 Å². The molecule has 0 atom stereocenters. The van der Waals surface area contributed by atoms with Gasteiger partial charge in [-0.1, -0.05) is 34.8 Å². The molecular formula is C5H13Cl3O4. The van der Waals surface area contributed by atoms with Crippen LogP contribution < -0.4 is 0 Å². The number of carboxylic acid groups (broad SMARTS) is 1. The van der Waals surface area contributed by atoms with Gasteiger partial charge >= 0.3 is 0 Å². The molecule has 0 saturated carbocycles. The molecule has 78 valence electrons. The SMILES string of the molecule is CC(=O)O.CCO.ClC(Cl)Cl.O. The third-order valence-electron chi connectivity index (χ3n) is 0. The Labute approximate surface area is 86.4 Å². The highest BCUT2D eigenvalue weighted by Crippen LogP contribution is 2.03. The molecule has 0 fully saturated rings. The molecule has 0 aliphatic carbocycles. The Balaban J connectivity index is -0.0000000389. The first-order valence-electron chi connectivity index (χ1n) is 2.61. The average molecular weight is 244 g/mol. The van der Waals surface area contributed by atoms with E-state index >= 15 is 0 Å². The van der Waals surface area contributed by atoms with Crippen LogP contribution >= 0.6 is 34.8 Å². The van der Waals surface area contributed by atoms with Gasteiger partial charge in [0.15, 0.2) is 4.30 Å². The van der Waals surface area contributed by atoms with Crippen molar-refractivity contribution in [3.63, 3.8) is 0 Å². The number of carbonyl (C=O) groups is 1. The molecule has 0 aromatic carbocycles. The molecule has 0 bridgehead atoms. The Bertz CT molecular complexity index is 72.3. The summed E-state index contributed by atoms with van der Waals surface area (Å²) in [5.41, 5.74) is 0. The van der Waals surface area contributed by atoms with Crippen LogP contribution in [0, 0.1) is 0 Å². The minimum atomic E-state index is -0.833. The van der Waals surface area contributed by atoms with E-state index in [1.54, 1.807) is 6.92 Å². The van der Waals surface area contributed by atoms with Gasteiger partial charge in [0.05, 0.1) is 0 Å². The fourth-order valence-corrected chi connectivity index (χ4v) is 0. The summed E-state index contributed by atoms with van der Waals surface area (Å²) in [6.07, 6.45) is 0. The largest absolute Gasteiger partial charge is 0.481 e. The van der Waals surface area contributed by atoms with Crippen molar-refractivity contribution in [2.45, 2.75) is 18.1 Å². The number of halogens is 3. The summed E-state index contributed by atoms with van der Waals surface area (Å²) >= 11 is 14.4. The summed E-state index contributed by atoms with van der Waals surface area (Å²) < 4.78 is -0.750. The zero-order valence-corrected chi connectivity index (χ0v) is 8.99. The van der Waals surface area contributed by atoms with Gasteiger partial charge in [0.1, 0.15) is 0 Å². The Hall–Kier alpha value is 0.260. The summed E-state index contributed by atoms with van der Waals surface area (Å²) in [6.45, 7) is 3.01. The summed E-state index contributed by atoms with van der Waals surface area (Å²) in [6, 6.07) is 0. The molecule has 4 N–H and O–H groups in total. The lowest BCUT2D eigenvalue weighted by molar-refractivity contribution is -0.134. The Morgan fingerprint density at radius 2 is 1.42 bits per heavy atom. The highest BCUT2D eigenvalue weighted by molar-refractivity contribution is 6.63. The van der Waals surface area contributed by atoms with Crippen molar-refractivity contribution in [3.8, 4) is 0 Å². The van der Waals surface area contributed by atoms with Gasteiger partial charge in [-0.25, -0.2) is 0 Å². The topological polar surface area (TPSA) is 89.0 Å². The predicted octanol–water partition coefficient (Wildman–Crippen LogP) is 1.25. The second-order valence-electron chi connectivity index (χ2n) is 1.08. The van der Waals surface area contributed by atoms with Crippen LogP contribution in [0.4, 0.5) is 0 Å². The fraction of sp³-hybridized carbons (Fsp3) is 0.800. The monoisotopic (exact) mass is 242 g/mol. The average Bonchev–Trinajstić information content (AvgIpc) is 1.60. The van der Waals surface area contributed by atoms with Crippen molar-refractivity contribution >= 4 is 40.8 Å². The summed E-state index contributed by atoms with van der Waals surface area (Å²) in [7, 11) is 0. The highest BCUT2D eigenvalue weighted by Gasteiger charge is 1.78. The van der Waals surface area contributed by atoms with E-state index in [0.29, 0.717) is 0 Å². The van der Waals surface area contributed by atoms with Gasteiger partial charge in [0, 0.05) is 13.5 Å². The summed E-state index contributed by atoms with van der Waals surface area (Å²) in [5.74, 6) is -0.833. The zero-order valence-electron chi connectivity index (χ0n) is 6.72. The summed E-state index contributed by atoms with van der Waals surface area (Å²) in [4.78, 5) is 9.00. The van der Waals surface area contributed by atoms with Crippen LogP contribution in [0.15, 0.2) is 0 Å². The molecule has 0 saturated heterocycles. The van der Waals surface area contributed by atoms with Crippen molar-refractivity contribution in [1.29, 1.82) is 0 Å². The third kappa shape index (κ3) is 13000. The first-order chi connectivity index (χ1) is 4.88. The maximum atomic E-state index is 9.00. The number of aliphatic hydroxyl groups is 1. The first-order valence-corrected chi connectivity index (χ1v) is 3.92. The van der Waals surface area contributed by atoms with Crippen LogP contribution in [0.5, 0.6) is 0 Å². The predicted molar refractivity (Wildman–Crippen MR) is 51.0 cm³/mol. The smallest absolute Gasteiger partial charge is 0.300 e. The van der Waals surface area contributed by atoms with E-state index in [2.05, 4.69) is 0 Å². The van der Waals surface area contributed by atoms with E-state index in [4.69, 9.17) is 49.8 Å². The quantitative estimate of drug-likeness (QED) is 0.628. The van der Waals surface area contributed by atoms with Gasteiger partial charge in [0.25, 0.3) is 5.97 Å². The Morgan fingerprint density at radius 1 is 1.42 bits per heavy atom. The maximum Gasteiger partial charge on any atom is 0.300 e. The maximum absolute atomic E-state index is 9.00. The molecule has 0 unspecified atom stereocenters. The van der Waals surface area contributed by atoms with Crippen LogP contribution in [0.25, 0.3) is 0 Å². The van der Waals surface area contributed by atoms with E-state index in [0.717, 1.165) is 6.92 Å². The van der Waals surface area contributed by atoms with Gasteiger partial charge in [-0.05, 0) is 6.92 Å². The molecule has 0 aliphatic rings. The summed E-state index contributed by atoms with van der Waals surface area (Å²) in [5, 5.41) is 15.0. The van der Waals surface area contributed by atoms with Crippen LogP contribution in [-0.2, 0) is 4.79 Å². The standard InChI is InChI=1S/C2H4O2.C2H6O.CHCl3.H2O/c1-2(3)4;1-2-3;2-1(3)4;/h1H3,(H,3,4);3H,2H2,1H3;1H;1H2. The second-order valence-corrected chi connectivity index (χ2v) is 3.06. The van der Waals surface area contributed by atoms with Gasteiger partial charge in [0.2, 0.25) is 0 Å². The number of aliphatic hydroxyl groups excluding tert-OH is 1. The molecule has 0 aliphatic heterocycles. The van der Waals surface area contributed by atoms with E-state index in [-0.39, 0.29) is 12.1 Å². The van der Waals surface area contributed by atoms with Crippen LogP contribution in [0.2, 0.25) is 0 Å². The molecule has 4 nitrogen and oxygen atoms in total. The zero-order chi connectivity index (χ0) is 9.86. The number of aliphatic carboxylic acids is 1. The lowest BCUT2D eigenvalue weighted by Crippen LogP contribution is -1.78. The van der Waals surface area contributed by atoms with Crippen molar-refractivity contribution in [3.05, 3.63) is 0 Å². The van der Waals surface area contributed by atoms with Gasteiger partial charge in [-0.3, -0.25) is 4.79 Å². The highest BCUT2D eigenvalue weighted by atomic mass is 35.6. The second kappa shape index (κ2) is 22.5. The third-order valence-corrected chi connectivity index (χ3v) is 0. The molecule has 0 heterocycles. The number of hydrogen-bond acceptors (Lipinski definition) is 2. The Morgan fingerprint density at radius 3 is 1.42 bits per heavy atom. The van der Waals surface area contributed by atoms with E-state index < -0.39 is 10.3 Å². The molecule has 0 amide bonds. The number of carboxylic acids is 1. The van der Waals surface area contributed by atoms with Crippen LogP contribution in [-0.4, -0.2) is 32.6 Å². The molecule has 0 aromatic heterocycles. The number of hydrogen-bond donors (Lipinski definition) is 2. The van der Waals surface area contributed by atoms with Crippen molar-refractivity contribution in [2.24, 2.45) is 0 Å². The molecule has 0 aromatic rings. The van der Waals surface area contributed by atoms with E-state index in [9.17, 15) is 0 Å². The lowest BCUT2D eigenvalue weighted by atomic mass is 10.9. The minimum absolute atomic E-state index is 0. The van der Waals surface area contributed by atoms with Gasteiger partial charge < -0.3 is 15.7 Å². The molecule has 0 rings (SSSR count). The van der Waals surface area contributed by atoms with E-state index in [1.165, 1.54) is 0 Å². The molecule has 0 spiro atoms. The molecule has 12 heavy (non-hydrogen) atoms. The molecule has 0 radical (unpaired) electrons. The number of rotatable bonds is 0. The van der Waals surface area contributed by atoms with Crippen molar-refractivity contribution < 1.29 is 20.5 Å². The van der Waals surface area contributed by atoms with Crippen LogP contribution in [0.1, 0.15) is 13.8 Å². The van der Waals surface area contributed by atoms with Crippen molar-refractivity contribution in [2.75, 3.05) is 6.61 Å². The van der Waals surface area contributed by atoms with Gasteiger partial charge in [-0.2, -0.15) is 0 Å². The molecule has 7 heteroatoms. The number of alkyl halides is 3.